The minimum absolute atomic E-state index is 0.225. The van der Waals surface area contributed by atoms with Crippen molar-refractivity contribution in [3.63, 3.8) is 0 Å². The predicted molar refractivity (Wildman–Crippen MR) is 122 cm³/mol. The van der Waals surface area contributed by atoms with Gasteiger partial charge in [-0.2, -0.15) is 0 Å². The lowest BCUT2D eigenvalue weighted by atomic mass is 10.2. The average molecular weight is 413 g/mol. The first-order valence-corrected chi connectivity index (χ1v) is 10.3. The summed E-state index contributed by atoms with van der Waals surface area (Å²) >= 11 is 1.44. The molecule has 0 atom stereocenters. The maximum absolute atomic E-state index is 12.7. The van der Waals surface area contributed by atoms with Crippen molar-refractivity contribution in [1.29, 1.82) is 0 Å². The summed E-state index contributed by atoms with van der Waals surface area (Å²) in [5.41, 5.74) is 9.26. The molecule has 0 saturated heterocycles. The summed E-state index contributed by atoms with van der Waals surface area (Å²) in [5, 5.41) is 3.49. The van der Waals surface area contributed by atoms with Crippen molar-refractivity contribution >= 4 is 29.2 Å². The van der Waals surface area contributed by atoms with Crippen LogP contribution in [0.5, 0.6) is 0 Å². The molecule has 1 aromatic heterocycles. The number of nitrogens with two attached hydrogens (primary N) is 1. The minimum atomic E-state index is -0.260. The van der Waals surface area contributed by atoms with Gasteiger partial charge in [0.2, 0.25) is 0 Å². The van der Waals surface area contributed by atoms with Crippen molar-refractivity contribution in [2.75, 3.05) is 11.1 Å². The number of nitrogen functional groups attached to an aromatic ring is 1. The van der Waals surface area contributed by atoms with Crippen molar-refractivity contribution in [2.45, 2.75) is 16.8 Å². The lowest BCUT2D eigenvalue weighted by molar-refractivity contribution is 0.102. The molecule has 0 aliphatic carbocycles. The van der Waals surface area contributed by atoms with Crippen LogP contribution in [0.25, 0.3) is 11.4 Å². The number of benzene rings is 3. The van der Waals surface area contributed by atoms with Crippen LogP contribution in [0.4, 0.5) is 11.5 Å². The summed E-state index contributed by atoms with van der Waals surface area (Å²) in [7, 11) is 0. The highest BCUT2D eigenvalue weighted by molar-refractivity contribution is 7.99. The molecule has 0 radical (unpaired) electrons. The van der Waals surface area contributed by atoms with E-state index in [1.165, 1.54) is 17.3 Å². The van der Waals surface area contributed by atoms with Gasteiger partial charge in [0.25, 0.3) is 5.91 Å². The molecule has 0 bridgehead atoms. The lowest BCUT2D eigenvalue weighted by Crippen LogP contribution is -2.15. The van der Waals surface area contributed by atoms with E-state index in [-0.39, 0.29) is 11.7 Å². The quantitative estimate of drug-likeness (QED) is 0.427. The van der Waals surface area contributed by atoms with E-state index in [2.05, 4.69) is 10.3 Å². The van der Waals surface area contributed by atoms with Gasteiger partial charge in [-0.3, -0.25) is 4.79 Å². The number of aromatic nitrogens is 2. The summed E-state index contributed by atoms with van der Waals surface area (Å²) in [4.78, 5) is 22.9. The Kier molecular flexibility index (Phi) is 5.77. The second-order valence-electron chi connectivity index (χ2n) is 6.71. The number of aryl methyl sites for hydroxylation is 1. The molecule has 5 nitrogen and oxygen atoms in total. The summed E-state index contributed by atoms with van der Waals surface area (Å²) in [6, 6.07) is 26.7. The van der Waals surface area contributed by atoms with Gasteiger partial charge < -0.3 is 11.1 Å². The van der Waals surface area contributed by atoms with Crippen LogP contribution in [0.1, 0.15) is 15.9 Å². The first-order chi connectivity index (χ1) is 14.6. The smallest absolute Gasteiger partial charge is 0.255 e. The van der Waals surface area contributed by atoms with E-state index in [1.54, 1.807) is 12.1 Å². The number of hydrogen-bond acceptors (Lipinski definition) is 5. The van der Waals surface area contributed by atoms with Crippen molar-refractivity contribution in [3.8, 4) is 11.4 Å². The van der Waals surface area contributed by atoms with Gasteiger partial charge in [-0.25, -0.2) is 9.97 Å². The number of nitrogens with one attached hydrogen (secondary N) is 1. The molecule has 0 unspecified atom stereocenters. The van der Waals surface area contributed by atoms with Crippen LogP contribution in [0, 0.1) is 6.92 Å². The Morgan fingerprint density at radius 2 is 1.50 bits per heavy atom. The van der Waals surface area contributed by atoms with Crippen LogP contribution in [0.3, 0.4) is 0 Å². The number of rotatable bonds is 5. The first kappa shape index (κ1) is 19.7. The number of amides is 1. The molecule has 3 aromatic carbocycles. The Labute approximate surface area is 179 Å². The highest BCUT2D eigenvalue weighted by Crippen LogP contribution is 2.36. The minimum Gasteiger partial charge on any atom is -0.382 e. The highest BCUT2D eigenvalue weighted by atomic mass is 32.2. The van der Waals surface area contributed by atoms with Gasteiger partial charge in [-0.15, -0.1) is 0 Å². The third-order valence-electron chi connectivity index (χ3n) is 4.45. The maximum atomic E-state index is 12.7. The Hall–Kier alpha value is -3.64. The van der Waals surface area contributed by atoms with Crippen molar-refractivity contribution in [1.82, 2.24) is 9.97 Å². The van der Waals surface area contributed by atoms with E-state index in [9.17, 15) is 4.79 Å². The Bertz CT molecular complexity index is 1160. The molecule has 1 amide bonds. The van der Waals surface area contributed by atoms with Crippen LogP contribution >= 0.6 is 11.8 Å². The summed E-state index contributed by atoms with van der Waals surface area (Å²) in [5.74, 6) is 0.479. The van der Waals surface area contributed by atoms with Crippen LogP contribution < -0.4 is 11.1 Å². The fraction of sp³-hybridized carbons (Fsp3) is 0.0417. The molecular formula is C24H20N4OS. The van der Waals surface area contributed by atoms with Crippen molar-refractivity contribution in [3.05, 3.63) is 96.1 Å². The molecule has 0 aliphatic heterocycles. The molecule has 30 heavy (non-hydrogen) atoms. The first-order valence-electron chi connectivity index (χ1n) is 9.44. The Morgan fingerprint density at radius 3 is 2.17 bits per heavy atom. The third-order valence-corrected chi connectivity index (χ3v) is 5.44. The third kappa shape index (κ3) is 4.50. The fourth-order valence-electron chi connectivity index (χ4n) is 2.86. The number of carbonyl (C=O) groups excluding carboxylic acids is 1. The standard InChI is InChI=1S/C24H20N4OS/c1-16-12-14-19(15-13-16)30-24-20(26-23(29)18-10-6-3-7-11-18)21(25)27-22(28-24)17-8-4-2-5-9-17/h2-15H,1H3,(H,26,29)(H2,25,27,28). The van der Waals surface area contributed by atoms with Gasteiger partial charge in [-0.05, 0) is 31.2 Å². The van der Waals surface area contributed by atoms with Crippen molar-refractivity contribution in [2.24, 2.45) is 0 Å². The van der Waals surface area contributed by atoms with Gasteiger partial charge in [0.15, 0.2) is 11.6 Å². The van der Waals surface area contributed by atoms with E-state index < -0.39 is 0 Å². The highest BCUT2D eigenvalue weighted by Gasteiger charge is 2.18. The zero-order valence-corrected chi connectivity index (χ0v) is 17.2. The van der Waals surface area contributed by atoms with E-state index in [0.29, 0.717) is 22.1 Å². The van der Waals surface area contributed by atoms with Gasteiger partial charge in [0.05, 0.1) is 0 Å². The second kappa shape index (κ2) is 8.80. The molecule has 4 rings (SSSR count). The number of anilines is 2. The number of nitrogens with zero attached hydrogens (tertiary/aromatic N) is 2. The van der Waals surface area contributed by atoms with Gasteiger partial charge in [-0.1, -0.05) is 78.0 Å². The summed E-state index contributed by atoms with van der Waals surface area (Å²) in [6.07, 6.45) is 0. The van der Waals surface area contributed by atoms with Crippen LogP contribution in [-0.2, 0) is 0 Å². The maximum Gasteiger partial charge on any atom is 0.255 e. The molecule has 148 valence electrons. The SMILES string of the molecule is Cc1ccc(Sc2nc(-c3ccccc3)nc(N)c2NC(=O)c2ccccc2)cc1. The van der Waals surface area contributed by atoms with Gasteiger partial charge in [0.1, 0.15) is 10.7 Å². The summed E-state index contributed by atoms with van der Waals surface area (Å²) in [6.45, 7) is 2.04. The molecule has 4 aromatic rings. The summed E-state index contributed by atoms with van der Waals surface area (Å²) < 4.78 is 0. The molecule has 0 saturated carbocycles. The lowest BCUT2D eigenvalue weighted by Gasteiger charge is -2.14. The molecular weight excluding hydrogens is 392 g/mol. The van der Waals surface area contributed by atoms with E-state index >= 15 is 0 Å². The molecule has 6 heteroatoms. The fourth-order valence-corrected chi connectivity index (χ4v) is 3.74. The van der Waals surface area contributed by atoms with E-state index in [4.69, 9.17) is 10.7 Å². The Morgan fingerprint density at radius 1 is 0.867 bits per heavy atom. The zero-order valence-electron chi connectivity index (χ0n) is 16.4. The van der Waals surface area contributed by atoms with Crippen LogP contribution in [-0.4, -0.2) is 15.9 Å². The molecule has 0 spiro atoms. The Balaban J connectivity index is 1.75. The average Bonchev–Trinajstić information content (AvgIpc) is 2.78. The number of carbonyl (C=O) groups is 1. The molecule has 3 N–H and O–H groups in total. The predicted octanol–water partition coefficient (Wildman–Crippen LogP) is 5.44. The largest absolute Gasteiger partial charge is 0.382 e. The normalized spacial score (nSPS) is 10.6. The second-order valence-corrected chi connectivity index (χ2v) is 7.78. The molecule has 1 heterocycles. The zero-order chi connectivity index (χ0) is 20.9. The topological polar surface area (TPSA) is 80.9 Å². The molecule has 0 aliphatic rings. The van der Waals surface area contributed by atoms with Gasteiger partial charge >= 0.3 is 0 Å². The van der Waals surface area contributed by atoms with E-state index in [0.717, 1.165) is 10.5 Å². The van der Waals surface area contributed by atoms with E-state index in [1.807, 2.05) is 79.7 Å². The molecule has 0 fully saturated rings. The van der Waals surface area contributed by atoms with Crippen molar-refractivity contribution < 1.29 is 4.79 Å². The number of hydrogen-bond donors (Lipinski definition) is 2. The van der Waals surface area contributed by atoms with Crippen LogP contribution in [0.2, 0.25) is 0 Å². The monoisotopic (exact) mass is 412 g/mol. The van der Waals surface area contributed by atoms with Crippen LogP contribution in [0.15, 0.2) is 94.9 Å². The van der Waals surface area contributed by atoms with Gasteiger partial charge in [0, 0.05) is 16.0 Å².